The van der Waals surface area contributed by atoms with Gasteiger partial charge in [-0.2, -0.15) is 0 Å². The molecule has 0 aliphatic heterocycles. The smallest absolute Gasteiger partial charge is 0.365 e. The molecule has 5 heteroatoms. The molecule has 0 amide bonds. The van der Waals surface area contributed by atoms with Gasteiger partial charge in [-0.25, -0.2) is 9.78 Å². The van der Waals surface area contributed by atoms with Gasteiger partial charge in [0.25, 0.3) is 0 Å². The van der Waals surface area contributed by atoms with Crippen molar-refractivity contribution in [2.24, 2.45) is 0 Å². The highest BCUT2D eigenvalue weighted by atomic mass is 16.5. The Morgan fingerprint density at radius 1 is 1.38 bits per heavy atom. The van der Waals surface area contributed by atoms with Crippen LogP contribution in [0.15, 0.2) is 28.9 Å². The molecule has 0 saturated heterocycles. The number of carbonyl (C=O) groups excluding carboxylic acids is 1. The van der Waals surface area contributed by atoms with E-state index in [0.29, 0.717) is 29.7 Å². The van der Waals surface area contributed by atoms with Crippen LogP contribution in [0.25, 0.3) is 0 Å². The van der Waals surface area contributed by atoms with Crippen molar-refractivity contribution in [3.05, 3.63) is 41.6 Å². The number of rotatable bonds is 5. The van der Waals surface area contributed by atoms with E-state index in [1.807, 2.05) is 13.0 Å². The monoisotopic (exact) mass is 289 g/mol. The molecule has 0 fully saturated rings. The number of hydrogen-bond acceptors (Lipinski definition) is 5. The third-order valence-electron chi connectivity index (χ3n) is 3.10. The molecule has 2 rings (SSSR count). The van der Waals surface area contributed by atoms with E-state index in [1.165, 1.54) is 6.26 Å². The molecule has 1 aromatic heterocycles. The summed E-state index contributed by atoms with van der Waals surface area (Å²) in [5, 5.41) is 0. The van der Waals surface area contributed by atoms with Crippen LogP contribution in [-0.2, 0) is 6.42 Å². The molecule has 2 aromatic rings. The van der Waals surface area contributed by atoms with E-state index >= 15 is 0 Å². The molecule has 1 aromatic carbocycles. The van der Waals surface area contributed by atoms with Crippen molar-refractivity contribution in [3.8, 4) is 11.5 Å². The van der Waals surface area contributed by atoms with Gasteiger partial charge in [0.15, 0.2) is 11.6 Å². The minimum Gasteiger partial charge on any atom is -0.496 e. The summed E-state index contributed by atoms with van der Waals surface area (Å²) in [6.07, 6.45) is 1.94. The van der Waals surface area contributed by atoms with Gasteiger partial charge < -0.3 is 13.9 Å². The molecule has 0 unspecified atom stereocenters. The van der Waals surface area contributed by atoms with E-state index in [4.69, 9.17) is 13.9 Å². The Kier molecular flexibility index (Phi) is 4.62. The molecule has 0 bridgehead atoms. The Morgan fingerprint density at radius 3 is 2.71 bits per heavy atom. The summed E-state index contributed by atoms with van der Waals surface area (Å²) in [6.45, 7) is 6.05. The van der Waals surface area contributed by atoms with Gasteiger partial charge in [0.1, 0.15) is 17.8 Å². The number of benzene rings is 1. The van der Waals surface area contributed by atoms with Crippen molar-refractivity contribution >= 4 is 5.97 Å². The SMILES string of the molecule is CCc1nc(C(=O)Oc2ccc(C(C)C)c(OC)c2)co1. The fourth-order valence-corrected chi connectivity index (χ4v) is 1.96. The third-order valence-corrected chi connectivity index (χ3v) is 3.10. The van der Waals surface area contributed by atoms with Crippen LogP contribution >= 0.6 is 0 Å². The maximum atomic E-state index is 12.0. The van der Waals surface area contributed by atoms with Crippen LogP contribution in [0.5, 0.6) is 11.5 Å². The molecule has 0 aliphatic rings. The lowest BCUT2D eigenvalue weighted by molar-refractivity contribution is 0.0728. The topological polar surface area (TPSA) is 61.6 Å². The summed E-state index contributed by atoms with van der Waals surface area (Å²) in [5.74, 6) is 1.41. The van der Waals surface area contributed by atoms with Crippen LogP contribution in [0, 0.1) is 0 Å². The van der Waals surface area contributed by atoms with Gasteiger partial charge in [0, 0.05) is 12.5 Å². The summed E-state index contributed by atoms with van der Waals surface area (Å²) in [7, 11) is 1.60. The molecule has 0 N–H and O–H groups in total. The number of oxazole rings is 1. The summed E-state index contributed by atoms with van der Waals surface area (Å²) in [6, 6.07) is 5.34. The Balaban J connectivity index is 2.17. The van der Waals surface area contributed by atoms with Gasteiger partial charge in [0.05, 0.1) is 7.11 Å². The number of ether oxygens (including phenoxy) is 2. The predicted octanol–water partition coefficient (Wildman–Crippen LogP) is 3.59. The van der Waals surface area contributed by atoms with Gasteiger partial charge in [-0.3, -0.25) is 0 Å². The van der Waals surface area contributed by atoms with E-state index in [0.717, 1.165) is 5.56 Å². The van der Waals surface area contributed by atoms with Crippen LogP contribution in [-0.4, -0.2) is 18.1 Å². The molecule has 5 nitrogen and oxygen atoms in total. The number of carbonyl (C=O) groups is 1. The quantitative estimate of drug-likeness (QED) is 0.622. The van der Waals surface area contributed by atoms with Crippen molar-refractivity contribution in [2.75, 3.05) is 7.11 Å². The van der Waals surface area contributed by atoms with Crippen molar-refractivity contribution in [2.45, 2.75) is 33.1 Å². The van der Waals surface area contributed by atoms with Gasteiger partial charge in [-0.15, -0.1) is 0 Å². The fourth-order valence-electron chi connectivity index (χ4n) is 1.96. The third kappa shape index (κ3) is 3.42. The van der Waals surface area contributed by atoms with Gasteiger partial charge in [-0.05, 0) is 17.5 Å². The van der Waals surface area contributed by atoms with Crippen molar-refractivity contribution in [1.82, 2.24) is 4.98 Å². The first-order valence-electron chi connectivity index (χ1n) is 6.89. The van der Waals surface area contributed by atoms with Gasteiger partial charge in [0.2, 0.25) is 0 Å². The number of nitrogens with zero attached hydrogens (tertiary/aromatic N) is 1. The van der Waals surface area contributed by atoms with Gasteiger partial charge >= 0.3 is 5.97 Å². The van der Waals surface area contributed by atoms with E-state index in [-0.39, 0.29) is 5.69 Å². The molecular formula is C16H19NO4. The summed E-state index contributed by atoms with van der Waals surface area (Å²) >= 11 is 0. The molecule has 21 heavy (non-hydrogen) atoms. The molecular weight excluding hydrogens is 270 g/mol. The number of hydrogen-bond donors (Lipinski definition) is 0. The molecule has 0 spiro atoms. The molecule has 0 radical (unpaired) electrons. The standard InChI is InChI=1S/C16H19NO4/c1-5-15-17-13(9-20-15)16(18)21-11-6-7-12(10(2)3)14(8-11)19-4/h6-10H,5H2,1-4H3. The first-order valence-corrected chi connectivity index (χ1v) is 6.89. The first kappa shape index (κ1) is 15.1. The maximum absolute atomic E-state index is 12.0. The van der Waals surface area contributed by atoms with Crippen LogP contribution in [0.2, 0.25) is 0 Å². The minimum atomic E-state index is -0.544. The van der Waals surface area contributed by atoms with Crippen molar-refractivity contribution in [3.63, 3.8) is 0 Å². The predicted molar refractivity (Wildman–Crippen MR) is 77.9 cm³/mol. The zero-order chi connectivity index (χ0) is 15.4. The highest BCUT2D eigenvalue weighted by molar-refractivity contribution is 5.88. The lowest BCUT2D eigenvalue weighted by atomic mass is 10.0. The van der Waals surface area contributed by atoms with Crippen molar-refractivity contribution in [1.29, 1.82) is 0 Å². The highest BCUT2D eigenvalue weighted by Crippen LogP contribution is 2.30. The highest BCUT2D eigenvalue weighted by Gasteiger charge is 2.15. The molecule has 0 atom stereocenters. The van der Waals surface area contributed by atoms with Crippen LogP contribution in [0.1, 0.15) is 48.6 Å². The van der Waals surface area contributed by atoms with E-state index in [9.17, 15) is 4.79 Å². The average Bonchev–Trinajstić information content (AvgIpc) is 2.95. The number of aryl methyl sites for hydroxylation is 1. The minimum absolute atomic E-state index is 0.166. The maximum Gasteiger partial charge on any atom is 0.365 e. The van der Waals surface area contributed by atoms with E-state index < -0.39 is 5.97 Å². The number of methoxy groups -OCH3 is 1. The second kappa shape index (κ2) is 6.43. The lowest BCUT2D eigenvalue weighted by Gasteiger charge is -2.12. The van der Waals surface area contributed by atoms with Gasteiger partial charge in [-0.1, -0.05) is 26.8 Å². The first-order chi connectivity index (χ1) is 10.0. The average molecular weight is 289 g/mol. The lowest BCUT2D eigenvalue weighted by Crippen LogP contribution is -2.09. The zero-order valence-electron chi connectivity index (χ0n) is 12.7. The van der Waals surface area contributed by atoms with Crippen LogP contribution < -0.4 is 9.47 Å². The number of aromatic nitrogens is 1. The second-order valence-electron chi connectivity index (χ2n) is 4.93. The Morgan fingerprint density at radius 2 is 2.14 bits per heavy atom. The van der Waals surface area contributed by atoms with Crippen LogP contribution in [0.3, 0.4) is 0 Å². The summed E-state index contributed by atoms with van der Waals surface area (Å²) < 4.78 is 15.8. The molecule has 1 heterocycles. The Labute approximate surface area is 123 Å². The van der Waals surface area contributed by atoms with Crippen molar-refractivity contribution < 1.29 is 18.7 Å². The number of esters is 1. The molecule has 112 valence electrons. The summed E-state index contributed by atoms with van der Waals surface area (Å²) in [4.78, 5) is 16.0. The second-order valence-corrected chi connectivity index (χ2v) is 4.93. The normalized spacial score (nSPS) is 10.7. The molecule has 0 saturated carbocycles. The van der Waals surface area contributed by atoms with Crippen LogP contribution in [0.4, 0.5) is 0 Å². The Bertz CT molecular complexity index is 631. The van der Waals surface area contributed by atoms with E-state index in [2.05, 4.69) is 18.8 Å². The summed E-state index contributed by atoms with van der Waals surface area (Å²) in [5.41, 5.74) is 1.23. The van der Waals surface area contributed by atoms with E-state index in [1.54, 1.807) is 19.2 Å². The Hall–Kier alpha value is -2.30. The largest absolute Gasteiger partial charge is 0.496 e. The zero-order valence-corrected chi connectivity index (χ0v) is 12.7. The molecule has 0 aliphatic carbocycles. The fraction of sp³-hybridized carbons (Fsp3) is 0.375.